The molecule has 1 aliphatic rings. The van der Waals surface area contributed by atoms with Crippen LogP contribution in [-0.4, -0.2) is 34.6 Å². The van der Waals surface area contributed by atoms with Crippen LogP contribution in [0, 0.1) is 0 Å². The number of benzene rings is 3. The third kappa shape index (κ3) is 6.55. The topological polar surface area (TPSA) is 82.1 Å². The van der Waals surface area contributed by atoms with E-state index in [-0.39, 0.29) is 13.0 Å². The highest BCUT2D eigenvalue weighted by Gasteiger charge is 2.49. The molecule has 4 rings (SSSR count). The van der Waals surface area contributed by atoms with Gasteiger partial charge in [0.2, 0.25) is 0 Å². The van der Waals surface area contributed by atoms with Crippen molar-refractivity contribution in [1.29, 1.82) is 0 Å². The highest BCUT2D eigenvalue weighted by molar-refractivity contribution is 5.88. The second-order valence-corrected chi connectivity index (χ2v) is 9.88. The molecular formula is C30H31NO6. The zero-order valence-corrected chi connectivity index (χ0v) is 21.2. The number of ether oxygens (including phenoxy) is 3. The number of hydrogen-bond donors (Lipinski definition) is 0. The number of carbonyl (C=O) groups is 3. The molecule has 37 heavy (non-hydrogen) atoms. The standard InChI is InChI=1S/C30H31NO6/c1-30(2,3)37-25(32)19-24-28(33)36-27(23-17-11-6-12-18-23)26(22-15-9-5-10-16-22)31(24)29(34)35-20-21-13-7-4-8-14-21/h4-18,24,26-27H,19-20H2,1-3H3/t24-,26-,27+/m0/s1. The van der Waals surface area contributed by atoms with Crippen LogP contribution in [0.2, 0.25) is 0 Å². The predicted octanol–water partition coefficient (Wildman–Crippen LogP) is 5.77. The van der Waals surface area contributed by atoms with Gasteiger partial charge in [0, 0.05) is 0 Å². The van der Waals surface area contributed by atoms with E-state index >= 15 is 0 Å². The van der Waals surface area contributed by atoms with E-state index in [2.05, 4.69) is 0 Å². The van der Waals surface area contributed by atoms with E-state index in [1.165, 1.54) is 4.90 Å². The van der Waals surface area contributed by atoms with Crippen LogP contribution in [0.1, 0.15) is 56.0 Å². The molecule has 0 aliphatic carbocycles. The first-order chi connectivity index (χ1) is 17.7. The molecule has 0 spiro atoms. The highest BCUT2D eigenvalue weighted by atomic mass is 16.6. The Morgan fingerprint density at radius 2 is 1.38 bits per heavy atom. The summed E-state index contributed by atoms with van der Waals surface area (Å²) in [7, 11) is 0. The molecule has 7 nitrogen and oxygen atoms in total. The molecule has 1 heterocycles. The Morgan fingerprint density at radius 1 is 0.838 bits per heavy atom. The number of morpholine rings is 1. The van der Waals surface area contributed by atoms with Crippen molar-refractivity contribution in [2.45, 2.75) is 57.6 Å². The lowest BCUT2D eigenvalue weighted by atomic mass is 9.90. The molecule has 0 bridgehead atoms. The Morgan fingerprint density at radius 3 is 1.95 bits per heavy atom. The van der Waals surface area contributed by atoms with Crippen LogP contribution < -0.4 is 0 Å². The van der Waals surface area contributed by atoms with Crippen molar-refractivity contribution in [2.24, 2.45) is 0 Å². The smallest absolute Gasteiger partial charge is 0.411 e. The Kier molecular flexibility index (Phi) is 7.92. The average molecular weight is 502 g/mol. The molecule has 0 radical (unpaired) electrons. The van der Waals surface area contributed by atoms with Gasteiger partial charge in [-0.2, -0.15) is 0 Å². The maximum Gasteiger partial charge on any atom is 0.411 e. The van der Waals surface area contributed by atoms with Gasteiger partial charge in [0.25, 0.3) is 0 Å². The minimum atomic E-state index is -1.22. The van der Waals surface area contributed by atoms with Crippen molar-refractivity contribution >= 4 is 18.0 Å². The summed E-state index contributed by atoms with van der Waals surface area (Å²) in [4.78, 5) is 41.2. The van der Waals surface area contributed by atoms with Gasteiger partial charge < -0.3 is 14.2 Å². The van der Waals surface area contributed by atoms with E-state index in [1.54, 1.807) is 20.8 Å². The molecule has 7 heteroatoms. The van der Waals surface area contributed by atoms with Gasteiger partial charge in [-0.05, 0) is 37.5 Å². The number of cyclic esters (lactones) is 1. The van der Waals surface area contributed by atoms with E-state index in [4.69, 9.17) is 14.2 Å². The maximum atomic E-state index is 13.7. The molecular weight excluding hydrogens is 470 g/mol. The molecule has 0 unspecified atom stereocenters. The van der Waals surface area contributed by atoms with Gasteiger partial charge in [-0.1, -0.05) is 91.0 Å². The van der Waals surface area contributed by atoms with E-state index < -0.39 is 41.8 Å². The number of rotatable bonds is 6. The first-order valence-corrected chi connectivity index (χ1v) is 12.2. The largest absolute Gasteiger partial charge is 0.460 e. The normalized spacial score (nSPS) is 19.6. The third-order valence-corrected chi connectivity index (χ3v) is 5.90. The van der Waals surface area contributed by atoms with Gasteiger partial charge in [0.05, 0.1) is 6.42 Å². The zero-order valence-electron chi connectivity index (χ0n) is 21.2. The van der Waals surface area contributed by atoms with Crippen LogP contribution in [0.5, 0.6) is 0 Å². The lowest BCUT2D eigenvalue weighted by Gasteiger charge is -2.44. The molecule has 0 N–H and O–H groups in total. The number of amides is 1. The Hall–Kier alpha value is -4.13. The van der Waals surface area contributed by atoms with Crippen molar-refractivity contribution in [3.8, 4) is 0 Å². The lowest BCUT2D eigenvalue weighted by Crippen LogP contribution is -2.55. The Bertz CT molecular complexity index is 1210. The van der Waals surface area contributed by atoms with Crippen LogP contribution in [0.25, 0.3) is 0 Å². The molecule has 0 aromatic heterocycles. The number of esters is 2. The second-order valence-electron chi connectivity index (χ2n) is 9.88. The molecule has 0 saturated carbocycles. The van der Waals surface area contributed by atoms with Crippen molar-refractivity contribution < 1.29 is 28.6 Å². The summed E-state index contributed by atoms with van der Waals surface area (Å²) in [5.41, 5.74) is 1.52. The van der Waals surface area contributed by atoms with Crippen LogP contribution in [0.3, 0.4) is 0 Å². The number of carbonyl (C=O) groups excluding carboxylic acids is 3. The van der Waals surface area contributed by atoms with Gasteiger partial charge in [0.15, 0.2) is 6.10 Å². The van der Waals surface area contributed by atoms with Crippen molar-refractivity contribution in [3.05, 3.63) is 108 Å². The van der Waals surface area contributed by atoms with E-state index in [0.29, 0.717) is 0 Å². The molecule has 1 aliphatic heterocycles. The summed E-state index contributed by atoms with van der Waals surface area (Å²) in [5, 5.41) is 0. The van der Waals surface area contributed by atoms with Gasteiger partial charge in [0.1, 0.15) is 24.3 Å². The predicted molar refractivity (Wildman–Crippen MR) is 137 cm³/mol. The lowest BCUT2D eigenvalue weighted by molar-refractivity contribution is -0.178. The van der Waals surface area contributed by atoms with Gasteiger partial charge in [-0.3, -0.25) is 9.69 Å². The van der Waals surface area contributed by atoms with Crippen molar-refractivity contribution in [2.75, 3.05) is 0 Å². The highest BCUT2D eigenvalue weighted by Crippen LogP contribution is 2.43. The third-order valence-electron chi connectivity index (χ3n) is 5.90. The van der Waals surface area contributed by atoms with Crippen LogP contribution in [0.15, 0.2) is 91.0 Å². The summed E-state index contributed by atoms with van der Waals surface area (Å²) in [6.07, 6.45) is -1.87. The Balaban J connectivity index is 1.74. The van der Waals surface area contributed by atoms with Crippen molar-refractivity contribution in [3.63, 3.8) is 0 Å². The SMILES string of the molecule is CC(C)(C)OC(=O)C[C@H]1C(=O)O[C@H](c2ccccc2)[C@H](c2ccccc2)N1C(=O)OCc1ccccc1. The summed E-state index contributed by atoms with van der Waals surface area (Å²) in [5.74, 6) is -1.30. The fraction of sp³-hybridized carbons (Fsp3) is 0.300. The van der Waals surface area contributed by atoms with Gasteiger partial charge in [-0.15, -0.1) is 0 Å². The number of hydrogen-bond acceptors (Lipinski definition) is 6. The first kappa shape index (κ1) is 25.9. The summed E-state index contributed by atoms with van der Waals surface area (Å²) in [6, 6.07) is 25.9. The molecule has 192 valence electrons. The number of nitrogens with zero attached hydrogens (tertiary/aromatic N) is 1. The molecule has 1 amide bonds. The van der Waals surface area contributed by atoms with Gasteiger partial charge in [-0.25, -0.2) is 9.59 Å². The van der Waals surface area contributed by atoms with E-state index in [1.807, 2.05) is 91.0 Å². The van der Waals surface area contributed by atoms with E-state index in [9.17, 15) is 14.4 Å². The molecule has 3 aromatic rings. The molecule has 3 atom stereocenters. The minimum absolute atomic E-state index is 0.0158. The second kappa shape index (κ2) is 11.3. The molecule has 3 aromatic carbocycles. The van der Waals surface area contributed by atoms with Crippen LogP contribution in [-0.2, 0) is 30.4 Å². The fourth-order valence-electron chi connectivity index (χ4n) is 4.36. The zero-order chi connectivity index (χ0) is 26.4. The average Bonchev–Trinajstić information content (AvgIpc) is 2.88. The van der Waals surface area contributed by atoms with Crippen molar-refractivity contribution in [1.82, 2.24) is 4.90 Å². The minimum Gasteiger partial charge on any atom is -0.460 e. The first-order valence-electron chi connectivity index (χ1n) is 12.2. The summed E-state index contributed by atoms with van der Waals surface area (Å²) in [6.45, 7) is 5.25. The quantitative estimate of drug-likeness (QED) is 0.315. The molecule has 1 saturated heterocycles. The van der Waals surface area contributed by atoms with Crippen LogP contribution >= 0.6 is 0 Å². The van der Waals surface area contributed by atoms with Gasteiger partial charge >= 0.3 is 18.0 Å². The van der Waals surface area contributed by atoms with E-state index in [0.717, 1.165) is 16.7 Å². The summed E-state index contributed by atoms with van der Waals surface area (Å²) < 4.78 is 17.1. The Labute approximate surface area is 217 Å². The molecule has 1 fully saturated rings. The van der Waals surface area contributed by atoms with Crippen LogP contribution in [0.4, 0.5) is 4.79 Å². The monoisotopic (exact) mass is 501 g/mol. The summed E-state index contributed by atoms with van der Waals surface area (Å²) >= 11 is 0. The maximum absolute atomic E-state index is 13.7. The fourth-order valence-corrected chi connectivity index (χ4v) is 4.36.